The van der Waals surface area contributed by atoms with Crippen LogP contribution in [0.15, 0.2) is 36.4 Å². The van der Waals surface area contributed by atoms with E-state index in [2.05, 4.69) is 9.97 Å². The first-order valence-corrected chi connectivity index (χ1v) is 6.35. The van der Waals surface area contributed by atoms with Crippen molar-refractivity contribution < 1.29 is 13.2 Å². The Bertz CT molecular complexity index is 824. The zero-order valence-electron chi connectivity index (χ0n) is 10.5. The Labute approximate surface area is 122 Å². The monoisotopic (exact) mass is 311 g/mol. The second kappa shape index (κ2) is 4.66. The van der Waals surface area contributed by atoms with Gasteiger partial charge < -0.3 is 10.7 Å². The molecule has 0 aliphatic carbocycles. The van der Waals surface area contributed by atoms with Crippen LogP contribution in [0.2, 0.25) is 5.02 Å². The van der Waals surface area contributed by atoms with Crippen LogP contribution in [-0.2, 0) is 6.18 Å². The number of halogens is 4. The van der Waals surface area contributed by atoms with Gasteiger partial charge in [0.15, 0.2) is 0 Å². The summed E-state index contributed by atoms with van der Waals surface area (Å²) in [6, 6.07) is 8.36. The lowest BCUT2D eigenvalue weighted by atomic mass is 10.2. The molecule has 0 bridgehead atoms. The van der Waals surface area contributed by atoms with Crippen molar-refractivity contribution in [3.8, 4) is 11.4 Å². The number of hydrogen-bond acceptors (Lipinski definition) is 2. The molecule has 3 nitrogen and oxygen atoms in total. The van der Waals surface area contributed by atoms with Crippen LogP contribution in [0.5, 0.6) is 0 Å². The molecule has 0 radical (unpaired) electrons. The third-order valence-corrected chi connectivity index (χ3v) is 3.45. The molecule has 3 N–H and O–H groups in total. The van der Waals surface area contributed by atoms with E-state index in [-0.39, 0.29) is 0 Å². The predicted molar refractivity (Wildman–Crippen MR) is 76.0 cm³/mol. The number of para-hydroxylation sites is 1. The van der Waals surface area contributed by atoms with Crippen LogP contribution in [0.4, 0.5) is 18.9 Å². The van der Waals surface area contributed by atoms with Gasteiger partial charge in [-0.25, -0.2) is 4.98 Å². The molecule has 3 rings (SSSR count). The van der Waals surface area contributed by atoms with Crippen molar-refractivity contribution in [3.63, 3.8) is 0 Å². The van der Waals surface area contributed by atoms with Gasteiger partial charge in [0.25, 0.3) is 0 Å². The number of alkyl halides is 3. The predicted octanol–water partition coefficient (Wildman–Crippen LogP) is 4.48. The fourth-order valence-corrected chi connectivity index (χ4v) is 2.23. The molecule has 0 unspecified atom stereocenters. The molecular weight excluding hydrogens is 303 g/mol. The van der Waals surface area contributed by atoms with Crippen molar-refractivity contribution in [2.75, 3.05) is 5.73 Å². The molecule has 1 heterocycles. The molecule has 0 saturated heterocycles. The summed E-state index contributed by atoms with van der Waals surface area (Å²) < 4.78 is 38.1. The number of H-pyrrole nitrogens is 1. The van der Waals surface area contributed by atoms with Gasteiger partial charge in [-0.1, -0.05) is 17.7 Å². The molecule has 108 valence electrons. The van der Waals surface area contributed by atoms with E-state index in [0.29, 0.717) is 33.1 Å². The van der Waals surface area contributed by atoms with Crippen molar-refractivity contribution in [1.82, 2.24) is 9.97 Å². The molecule has 0 saturated carbocycles. The first-order chi connectivity index (χ1) is 9.86. The SMILES string of the molecule is Nc1c(Cl)cccc1-c1nc2ccc(C(F)(F)F)cc2[nH]1. The second-order valence-corrected chi connectivity index (χ2v) is 4.92. The van der Waals surface area contributed by atoms with E-state index in [4.69, 9.17) is 17.3 Å². The third kappa shape index (κ3) is 2.42. The molecule has 0 fully saturated rings. The average molecular weight is 312 g/mol. The largest absolute Gasteiger partial charge is 0.416 e. The summed E-state index contributed by atoms with van der Waals surface area (Å²) in [6.45, 7) is 0. The number of nitrogen functional groups attached to an aromatic ring is 1. The van der Waals surface area contributed by atoms with Crippen LogP contribution in [0.25, 0.3) is 22.4 Å². The number of anilines is 1. The number of rotatable bonds is 1. The average Bonchev–Trinajstić information content (AvgIpc) is 2.83. The number of imidazole rings is 1. The first kappa shape index (κ1) is 13.8. The van der Waals surface area contributed by atoms with Crippen LogP contribution in [0.1, 0.15) is 5.56 Å². The van der Waals surface area contributed by atoms with Crippen LogP contribution in [-0.4, -0.2) is 9.97 Å². The molecule has 0 spiro atoms. The van der Waals surface area contributed by atoms with E-state index in [1.807, 2.05) is 0 Å². The molecule has 0 atom stereocenters. The summed E-state index contributed by atoms with van der Waals surface area (Å²) in [7, 11) is 0. The van der Waals surface area contributed by atoms with Gasteiger partial charge in [0.2, 0.25) is 0 Å². The van der Waals surface area contributed by atoms with E-state index < -0.39 is 11.7 Å². The number of aromatic amines is 1. The van der Waals surface area contributed by atoms with E-state index in [1.165, 1.54) is 6.07 Å². The molecule has 0 amide bonds. The van der Waals surface area contributed by atoms with Gasteiger partial charge in [-0.15, -0.1) is 0 Å². The summed E-state index contributed by atoms with van der Waals surface area (Å²) in [4.78, 5) is 7.09. The maximum absolute atomic E-state index is 12.7. The van der Waals surface area contributed by atoms with Crippen molar-refractivity contribution in [2.24, 2.45) is 0 Å². The molecule has 3 aromatic rings. The smallest absolute Gasteiger partial charge is 0.397 e. The minimum Gasteiger partial charge on any atom is -0.397 e. The summed E-state index contributed by atoms with van der Waals surface area (Å²) in [5, 5.41) is 0.365. The van der Waals surface area contributed by atoms with Crippen molar-refractivity contribution >= 4 is 28.3 Å². The third-order valence-electron chi connectivity index (χ3n) is 3.12. The minimum absolute atomic E-state index is 0.291. The zero-order chi connectivity index (χ0) is 15.2. The Morgan fingerprint density at radius 2 is 1.90 bits per heavy atom. The molecule has 0 aliphatic rings. The number of aromatic nitrogens is 2. The number of nitrogens with zero attached hydrogens (tertiary/aromatic N) is 1. The molecule has 21 heavy (non-hydrogen) atoms. The Balaban J connectivity index is 2.15. The first-order valence-electron chi connectivity index (χ1n) is 5.97. The minimum atomic E-state index is -4.39. The van der Waals surface area contributed by atoms with Crippen molar-refractivity contribution in [2.45, 2.75) is 6.18 Å². The maximum Gasteiger partial charge on any atom is 0.416 e. The zero-order valence-corrected chi connectivity index (χ0v) is 11.3. The van der Waals surface area contributed by atoms with Crippen LogP contribution >= 0.6 is 11.6 Å². The van der Waals surface area contributed by atoms with Gasteiger partial charge in [0, 0.05) is 5.56 Å². The van der Waals surface area contributed by atoms with Crippen LogP contribution in [0, 0.1) is 0 Å². The fraction of sp³-hybridized carbons (Fsp3) is 0.0714. The lowest BCUT2D eigenvalue weighted by Crippen LogP contribution is -2.04. The van der Waals surface area contributed by atoms with E-state index >= 15 is 0 Å². The topological polar surface area (TPSA) is 54.7 Å². The molecular formula is C14H9ClF3N3. The standard InChI is InChI=1S/C14H9ClF3N3/c15-9-3-1-2-8(12(9)19)13-20-10-5-4-7(14(16,17)18)6-11(10)21-13/h1-6H,19H2,(H,20,21). The quantitative estimate of drug-likeness (QED) is 0.651. The van der Waals surface area contributed by atoms with E-state index in [9.17, 15) is 13.2 Å². The number of benzene rings is 2. The van der Waals surface area contributed by atoms with Crippen LogP contribution in [0.3, 0.4) is 0 Å². The lowest BCUT2D eigenvalue weighted by Gasteiger charge is -2.05. The van der Waals surface area contributed by atoms with Gasteiger partial charge in [0.05, 0.1) is 27.3 Å². The van der Waals surface area contributed by atoms with Gasteiger partial charge in [-0.05, 0) is 30.3 Å². The van der Waals surface area contributed by atoms with Crippen LogP contribution < -0.4 is 5.73 Å². The number of fused-ring (bicyclic) bond motifs is 1. The van der Waals surface area contributed by atoms with Crippen molar-refractivity contribution in [3.05, 3.63) is 47.0 Å². The summed E-state index contributed by atoms with van der Waals surface area (Å²) in [5.74, 6) is 0.379. The summed E-state index contributed by atoms with van der Waals surface area (Å²) in [5.41, 5.74) is 6.73. The van der Waals surface area contributed by atoms with Gasteiger partial charge in [-0.3, -0.25) is 0 Å². The highest BCUT2D eigenvalue weighted by Crippen LogP contribution is 2.33. The van der Waals surface area contributed by atoms with E-state index in [1.54, 1.807) is 18.2 Å². The van der Waals surface area contributed by atoms with E-state index in [0.717, 1.165) is 12.1 Å². The Kier molecular flexibility index (Phi) is 3.06. The Morgan fingerprint density at radius 3 is 2.62 bits per heavy atom. The normalized spacial score (nSPS) is 12.0. The number of nitrogens with two attached hydrogens (primary N) is 1. The van der Waals surface area contributed by atoms with Gasteiger partial charge in [-0.2, -0.15) is 13.2 Å². The van der Waals surface area contributed by atoms with Crippen molar-refractivity contribution in [1.29, 1.82) is 0 Å². The molecule has 1 aromatic heterocycles. The maximum atomic E-state index is 12.7. The highest BCUT2D eigenvalue weighted by atomic mass is 35.5. The lowest BCUT2D eigenvalue weighted by molar-refractivity contribution is -0.137. The van der Waals surface area contributed by atoms with Gasteiger partial charge in [0.1, 0.15) is 5.82 Å². The Morgan fingerprint density at radius 1 is 1.14 bits per heavy atom. The number of hydrogen-bond donors (Lipinski definition) is 2. The summed E-state index contributed by atoms with van der Waals surface area (Å²) in [6.07, 6.45) is -4.39. The molecule has 7 heteroatoms. The molecule has 0 aliphatic heterocycles. The second-order valence-electron chi connectivity index (χ2n) is 4.52. The van der Waals surface area contributed by atoms with Gasteiger partial charge >= 0.3 is 6.18 Å². The highest BCUT2D eigenvalue weighted by Gasteiger charge is 2.30. The Hall–Kier alpha value is -2.21. The number of nitrogens with one attached hydrogen (secondary N) is 1. The fourth-order valence-electron chi connectivity index (χ4n) is 2.06. The highest BCUT2D eigenvalue weighted by molar-refractivity contribution is 6.33. The summed E-state index contributed by atoms with van der Waals surface area (Å²) >= 11 is 5.93. The molecule has 2 aromatic carbocycles.